The summed E-state index contributed by atoms with van der Waals surface area (Å²) in [6, 6.07) is 1.46. The fourth-order valence-electron chi connectivity index (χ4n) is 3.80. The van der Waals surface area contributed by atoms with Crippen LogP contribution in [0.15, 0.2) is 0 Å². The number of ether oxygens (including phenoxy) is 1. The highest BCUT2D eigenvalue weighted by atomic mass is 16.5. The maximum absolute atomic E-state index is 5.46. The number of nitrogens with zero attached hydrogens (tertiary/aromatic N) is 3. The minimum atomic E-state index is 0.638. The Morgan fingerprint density at radius 2 is 2.20 bits per heavy atom. The van der Waals surface area contributed by atoms with Crippen molar-refractivity contribution in [3.63, 3.8) is 0 Å². The molecule has 20 heavy (non-hydrogen) atoms. The molecule has 2 atom stereocenters. The number of hydrogen-bond acceptors (Lipinski definition) is 4. The van der Waals surface area contributed by atoms with Gasteiger partial charge in [-0.1, -0.05) is 0 Å². The molecule has 2 fully saturated rings. The van der Waals surface area contributed by atoms with Crippen LogP contribution in [-0.2, 0) is 13.6 Å². The Balaban J connectivity index is 1.59. The highest BCUT2D eigenvalue weighted by Crippen LogP contribution is 2.27. The van der Waals surface area contributed by atoms with E-state index in [0.717, 1.165) is 24.2 Å². The van der Waals surface area contributed by atoms with Gasteiger partial charge in [-0.3, -0.25) is 0 Å². The average Bonchev–Trinajstić information content (AvgIpc) is 2.99. The Kier molecular flexibility index (Phi) is 3.98. The number of methoxy groups -OCH3 is 1. The first-order chi connectivity index (χ1) is 9.69. The number of nitrogens with one attached hydrogen (secondary N) is 1. The van der Waals surface area contributed by atoms with Crippen molar-refractivity contribution in [2.24, 2.45) is 7.05 Å². The summed E-state index contributed by atoms with van der Waals surface area (Å²) in [6.45, 7) is 5.48. The van der Waals surface area contributed by atoms with Crippen LogP contribution in [0.5, 0.6) is 5.88 Å². The largest absolute Gasteiger partial charge is 0.481 e. The van der Waals surface area contributed by atoms with Gasteiger partial charge < -0.3 is 15.0 Å². The van der Waals surface area contributed by atoms with Crippen LogP contribution in [0, 0.1) is 6.92 Å². The monoisotopic (exact) mass is 278 g/mol. The molecule has 112 valence electrons. The van der Waals surface area contributed by atoms with E-state index in [0.29, 0.717) is 6.04 Å². The first-order valence-corrected chi connectivity index (χ1v) is 7.73. The van der Waals surface area contributed by atoms with Crippen molar-refractivity contribution in [3.8, 4) is 5.88 Å². The highest BCUT2D eigenvalue weighted by molar-refractivity contribution is 5.30. The van der Waals surface area contributed by atoms with Gasteiger partial charge in [0.2, 0.25) is 5.88 Å². The summed E-state index contributed by atoms with van der Waals surface area (Å²) in [5.41, 5.74) is 2.26. The van der Waals surface area contributed by atoms with Crippen molar-refractivity contribution in [1.82, 2.24) is 20.0 Å². The maximum Gasteiger partial charge on any atom is 0.216 e. The van der Waals surface area contributed by atoms with Gasteiger partial charge in [-0.2, -0.15) is 5.10 Å². The Labute approximate surface area is 121 Å². The van der Waals surface area contributed by atoms with Gasteiger partial charge in [-0.15, -0.1) is 0 Å². The van der Waals surface area contributed by atoms with E-state index < -0.39 is 0 Å². The zero-order valence-corrected chi connectivity index (χ0v) is 12.9. The van der Waals surface area contributed by atoms with Crippen molar-refractivity contribution in [2.45, 2.75) is 51.2 Å². The van der Waals surface area contributed by atoms with E-state index in [2.05, 4.69) is 22.2 Å². The first kappa shape index (κ1) is 13.9. The summed E-state index contributed by atoms with van der Waals surface area (Å²) >= 11 is 0. The van der Waals surface area contributed by atoms with Crippen molar-refractivity contribution >= 4 is 0 Å². The minimum Gasteiger partial charge on any atom is -0.481 e. The molecule has 2 saturated heterocycles. The van der Waals surface area contributed by atoms with E-state index in [1.165, 1.54) is 44.3 Å². The van der Waals surface area contributed by atoms with Gasteiger partial charge in [0.1, 0.15) is 0 Å². The fraction of sp³-hybridized carbons (Fsp3) is 0.800. The number of aryl methyl sites for hydroxylation is 2. The van der Waals surface area contributed by atoms with Gasteiger partial charge in [-0.25, -0.2) is 4.68 Å². The molecule has 3 heterocycles. The molecule has 0 saturated carbocycles. The lowest BCUT2D eigenvalue weighted by atomic mass is 9.97. The Bertz CT molecular complexity index is 471. The molecule has 0 aliphatic carbocycles. The van der Waals surface area contributed by atoms with Crippen molar-refractivity contribution < 1.29 is 4.74 Å². The second kappa shape index (κ2) is 5.74. The summed E-state index contributed by atoms with van der Waals surface area (Å²) < 4.78 is 7.28. The van der Waals surface area contributed by atoms with Gasteiger partial charge in [-0.05, 0) is 45.7 Å². The number of rotatable bonds is 4. The van der Waals surface area contributed by atoms with Gasteiger partial charge in [0.25, 0.3) is 0 Å². The lowest BCUT2D eigenvalue weighted by Gasteiger charge is -2.35. The molecule has 1 aromatic rings. The molecule has 0 spiro atoms. The summed E-state index contributed by atoms with van der Waals surface area (Å²) in [5.74, 6) is 0.883. The maximum atomic E-state index is 5.46. The summed E-state index contributed by atoms with van der Waals surface area (Å²) in [7, 11) is 3.66. The molecule has 5 heteroatoms. The van der Waals surface area contributed by atoms with Gasteiger partial charge in [0, 0.05) is 25.7 Å². The molecule has 0 bridgehead atoms. The van der Waals surface area contributed by atoms with Crippen molar-refractivity contribution in [3.05, 3.63) is 11.3 Å². The normalized spacial score (nSPS) is 26.8. The van der Waals surface area contributed by atoms with Crippen LogP contribution in [0.2, 0.25) is 0 Å². The molecular weight excluding hydrogens is 252 g/mol. The zero-order chi connectivity index (χ0) is 14.1. The van der Waals surface area contributed by atoms with Crippen molar-refractivity contribution in [2.75, 3.05) is 20.2 Å². The quantitative estimate of drug-likeness (QED) is 0.905. The van der Waals surface area contributed by atoms with Crippen LogP contribution in [0.4, 0.5) is 0 Å². The molecule has 1 aromatic heterocycles. The van der Waals surface area contributed by atoms with Gasteiger partial charge >= 0.3 is 0 Å². The van der Waals surface area contributed by atoms with Gasteiger partial charge in [0.05, 0.1) is 18.4 Å². The molecule has 0 radical (unpaired) electrons. The third-order valence-corrected chi connectivity index (χ3v) is 4.87. The standard InChI is InChI=1S/C15H26N4O/c1-11-14(15(20-3)18(2)17-11)10-16-12-6-8-19-7-4-5-13(19)9-12/h12-13,16H,4-10H2,1-3H3. The molecule has 2 aliphatic heterocycles. The van der Waals surface area contributed by atoms with Crippen LogP contribution < -0.4 is 10.1 Å². The summed E-state index contributed by atoms with van der Waals surface area (Å²) in [6.07, 6.45) is 5.32. The second-order valence-electron chi connectivity index (χ2n) is 6.13. The van der Waals surface area contributed by atoms with E-state index in [9.17, 15) is 0 Å². The smallest absolute Gasteiger partial charge is 0.216 e. The number of piperidine rings is 1. The minimum absolute atomic E-state index is 0.638. The fourth-order valence-corrected chi connectivity index (χ4v) is 3.80. The van der Waals surface area contributed by atoms with E-state index in [-0.39, 0.29) is 0 Å². The van der Waals surface area contributed by atoms with E-state index >= 15 is 0 Å². The van der Waals surface area contributed by atoms with Crippen LogP contribution in [-0.4, -0.2) is 47.0 Å². The van der Waals surface area contributed by atoms with Crippen molar-refractivity contribution in [1.29, 1.82) is 0 Å². The van der Waals surface area contributed by atoms with Gasteiger partial charge in [0.15, 0.2) is 0 Å². The van der Waals surface area contributed by atoms with E-state index in [1.54, 1.807) is 7.11 Å². The molecule has 5 nitrogen and oxygen atoms in total. The summed E-state index contributed by atoms with van der Waals surface area (Å²) in [5, 5.41) is 8.16. The third-order valence-electron chi connectivity index (χ3n) is 4.87. The topological polar surface area (TPSA) is 42.3 Å². The molecule has 2 unspecified atom stereocenters. The van der Waals surface area contributed by atoms with Crippen LogP contribution in [0.1, 0.15) is 36.9 Å². The highest BCUT2D eigenvalue weighted by Gasteiger charge is 2.31. The molecule has 1 N–H and O–H groups in total. The van der Waals surface area contributed by atoms with Crippen LogP contribution in [0.25, 0.3) is 0 Å². The SMILES string of the molecule is COc1c(CNC2CCN3CCCC3C2)c(C)nn1C. The van der Waals surface area contributed by atoms with E-state index in [1.807, 2.05) is 11.7 Å². The lowest BCUT2D eigenvalue weighted by molar-refractivity contribution is 0.166. The molecule has 0 amide bonds. The predicted molar refractivity (Wildman–Crippen MR) is 79.0 cm³/mol. The number of aromatic nitrogens is 2. The molecule has 2 aliphatic rings. The first-order valence-electron chi connectivity index (χ1n) is 7.73. The molecule has 0 aromatic carbocycles. The lowest BCUT2D eigenvalue weighted by Crippen LogP contribution is -2.45. The zero-order valence-electron chi connectivity index (χ0n) is 12.9. The Hall–Kier alpha value is -1.07. The second-order valence-corrected chi connectivity index (χ2v) is 6.13. The summed E-state index contributed by atoms with van der Waals surface area (Å²) in [4.78, 5) is 2.66. The van der Waals surface area contributed by atoms with E-state index in [4.69, 9.17) is 4.74 Å². The molecular formula is C15H26N4O. The van der Waals surface area contributed by atoms with Crippen LogP contribution >= 0.6 is 0 Å². The Morgan fingerprint density at radius 1 is 1.35 bits per heavy atom. The number of hydrogen-bond donors (Lipinski definition) is 1. The predicted octanol–water partition coefficient (Wildman–Crippen LogP) is 1.45. The average molecular weight is 278 g/mol. The Morgan fingerprint density at radius 3 is 3.00 bits per heavy atom. The number of fused-ring (bicyclic) bond motifs is 1. The van der Waals surface area contributed by atoms with Crippen LogP contribution in [0.3, 0.4) is 0 Å². The molecule has 3 rings (SSSR count). The third kappa shape index (κ3) is 2.56.